The normalized spacial score (nSPS) is 13.9. The topological polar surface area (TPSA) is 80.0 Å². The third kappa shape index (κ3) is 2.08. The number of carbonyl (C=O) groups is 2. The Kier molecular flexibility index (Phi) is 3.73. The molecule has 0 atom stereocenters. The number of imide groups is 1. The number of furan rings is 1. The monoisotopic (exact) mass is 353 g/mol. The van der Waals surface area contributed by atoms with E-state index in [-0.39, 0.29) is 25.0 Å². The Morgan fingerprint density at radius 2 is 1.81 bits per heavy atom. The molecule has 6 nitrogen and oxygen atoms in total. The second-order valence-electron chi connectivity index (χ2n) is 6.51. The fourth-order valence-electron chi connectivity index (χ4n) is 3.78. The van der Waals surface area contributed by atoms with Gasteiger partial charge in [0.2, 0.25) is 0 Å². The molecular formula is C20H19NO5. The Morgan fingerprint density at radius 1 is 1.12 bits per heavy atom. The summed E-state index contributed by atoms with van der Waals surface area (Å²) in [6.45, 7) is 3.78. The zero-order chi connectivity index (χ0) is 18.6. The number of ether oxygens (including phenoxy) is 1. The zero-order valence-electron chi connectivity index (χ0n) is 14.9. The van der Waals surface area contributed by atoms with Crippen molar-refractivity contribution in [2.75, 3.05) is 20.3 Å². The van der Waals surface area contributed by atoms with Crippen molar-refractivity contribution < 1.29 is 23.8 Å². The second kappa shape index (κ2) is 5.85. The van der Waals surface area contributed by atoms with Crippen LogP contribution in [0.3, 0.4) is 0 Å². The minimum Gasteiger partial charge on any atom is -0.497 e. The van der Waals surface area contributed by atoms with Crippen LogP contribution in [0.4, 0.5) is 0 Å². The highest BCUT2D eigenvalue weighted by molar-refractivity contribution is 6.26. The number of hydrogen-bond acceptors (Lipinski definition) is 5. The largest absolute Gasteiger partial charge is 0.497 e. The Morgan fingerprint density at radius 3 is 2.46 bits per heavy atom. The highest BCUT2D eigenvalue weighted by Gasteiger charge is 2.39. The number of carbonyl (C=O) groups excluding carboxylic acids is 2. The Labute approximate surface area is 149 Å². The summed E-state index contributed by atoms with van der Waals surface area (Å²) in [5.74, 6) is 0.0712. The number of fused-ring (bicyclic) bond motifs is 4. The highest BCUT2D eigenvalue weighted by atomic mass is 16.5. The molecule has 6 heteroatoms. The van der Waals surface area contributed by atoms with E-state index in [1.54, 1.807) is 14.0 Å². The number of aliphatic hydroxyl groups is 1. The molecule has 1 aliphatic rings. The number of nitrogens with zero attached hydrogens (tertiary/aromatic N) is 1. The molecule has 1 aliphatic heterocycles. The van der Waals surface area contributed by atoms with E-state index >= 15 is 0 Å². The van der Waals surface area contributed by atoms with Crippen LogP contribution in [0.15, 0.2) is 22.6 Å². The van der Waals surface area contributed by atoms with E-state index in [4.69, 9.17) is 14.3 Å². The van der Waals surface area contributed by atoms with Crippen LogP contribution in [0.2, 0.25) is 0 Å². The third-order valence-corrected chi connectivity index (χ3v) is 5.07. The van der Waals surface area contributed by atoms with Gasteiger partial charge in [0.1, 0.15) is 16.9 Å². The van der Waals surface area contributed by atoms with Crippen molar-refractivity contribution in [2.24, 2.45) is 0 Å². The predicted molar refractivity (Wildman–Crippen MR) is 96.8 cm³/mol. The molecule has 0 bridgehead atoms. The number of aryl methyl sites for hydroxylation is 2. The van der Waals surface area contributed by atoms with Gasteiger partial charge in [-0.1, -0.05) is 0 Å². The molecule has 3 aromatic rings. The van der Waals surface area contributed by atoms with E-state index in [1.807, 2.05) is 25.1 Å². The molecule has 2 heterocycles. The molecule has 2 amide bonds. The molecule has 134 valence electrons. The summed E-state index contributed by atoms with van der Waals surface area (Å²) in [4.78, 5) is 26.9. The second-order valence-corrected chi connectivity index (χ2v) is 6.51. The molecule has 26 heavy (non-hydrogen) atoms. The van der Waals surface area contributed by atoms with Crippen molar-refractivity contribution in [3.63, 3.8) is 0 Å². The van der Waals surface area contributed by atoms with Gasteiger partial charge in [0, 0.05) is 29.5 Å². The van der Waals surface area contributed by atoms with Gasteiger partial charge in [-0.2, -0.15) is 0 Å². The first-order valence-corrected chi connectivity index (χ1v) is 8.50. The number of benzene rings is 2. The minimum absolute atomic E-state index is 0.0713. The van der Waals surface area contributed by atoms with Crippen molar-refractivity contribution in [2.45, 2.75) is 20.3 Å². The van der Waals surface area contributed by atoms with E-state index in [0.29, 0.717) is 40.0 Å². The third-order valence-electron chi connectivity index (χ3n) is 5.07. The fourth-order valence-corrected chi connectivity index (χ4v) is 3.78. The van der Waals surface area contributed by atoms with E-state index in [9.17, 15) is 9.59 Å². The lowest BCUT2D eigenvalue weighted by molar-refractivity contribution is 0.0645. The molecule has 0 radical (unpaired) electrons. The van der Waals surface area contributed by atoms with Crippen LogP contribution in [0.25, 0.3) is 21.9 Å². The molecule has 0 spiro atoms. The average Bonchev–Trinajstić information content (AvgIpc) is 3.14. The van der Waals surface area contributed by atoms with Crippen molar-refractivity contribution in [1.82, 2.24) is 4.90 Å². The van der Waals surface area contributed by atoms with Gasteiger partial charge in [-0.15, -0.1) is 0 Å². The summed E-state index contributed by atoms with van der Waals surface area (Å²) in [6.07, 6.45) is 0.361. The maximum atomic E-state index is 12.9. The van der Waals surface area contributed by atoms with Gasteiger partial charge in [0.25, 0.3) is 11.8 Å². The molecule has 0 saturated carbocycles. The van der Waals surface area contributed by atoms with Gasteiger partial charge < -0.3 is 14.3 Å². The Balaban J connectivity index is 2.03. The molecule has 0 saturated heterocycles. The lowest BCUT2D eigenvalue weighted by atomic mass is 9.94. The number of amides is 2. The standard InChI is InChI=1S/C20H19NO5/c1-10-15-13-9-12(25-3)5-6-14(13)26-18(15)11(2)17-16(10)19(23)21(20(17)24)7-4-8-22/h5-6,9,22H,4,7-8H2,1-3H3. The van der Waals surface area contributed by atoms with Crippen molar-refractivity contribution in [1.29, 1.82) is 0 Å². The molecule has 1 N–H and O–H groups in total. The van der Waals surface area contributed by atoms with Crippen molar-refractivity contribution >= 4 is 33.8 Å². The maximum absolute atomic E-state index is 12.9. The Hall–Kier alpha value is -2.86. The number of aliphatic hydroxyl groups excluding tert-OH is 1. The number of methoxy groups -OCH3 is 1. The minimum atomic E-state index is -0.320. The first-order valence-electron chi connectivity index (χ1n) is 8.50. The van der Waals surface area contributed by atoms with E-state index in [0.717, 1.165) is 16.3 Å². The smallest absolute Gasteiger partial charge is 0.261 e. The summed E-state index contributed by atoms with van der Waals surface area (Å²) < 4.78 is 11.3. The summed E-state index contributed by atoms with van der Waals surface area (Å²) >= 11 is 0. The van der Waals surface area contributed by atoms with Gasteiger partial charge in [-0.25, -0.2) is 0 Å². The molecule has 0 fully saturated rings. The van der Waals surface area contributed by atoms with E-state index < -0.39 is 0 Å². The van der Waals surface area contributed by atoms with Crippen LogP contribution in [0.5, 0.6) is 5.75 Å². The Bertz CT molecular complexity index is 1080. The van der Waals surface area contributed by atoms with Crippen LogP contribution < -0.4 is 4.74 Å². The van der Waals surface area contributed by atoms with Gasteiger partial charge in [0.05, 0.1) is 18.2 Å². The molecule has 4 rings (SSSR count). The maximum Gasteiger partial charge on any atom is 0.261 e. The molecule has 0 unspecified atom stereocenters. The van der Waals surface area contributed by atoms with Crippen LogP contribution in [-0.2, 0) is 0 Å². The van der Waals surface area contributed by atoms with Gasteiger partial charge >= 0.3 is 0 Å². The van der Waals surface area contributed by atoms with Crippen molar-refractivity contribution in [3.05, 3.63) is 40.5 Å². The van der Waals surface area contributed by atoms with Crippen LogP contribution in [0, 0.1) is 13.8 Å². The number of rotatable bonds is 4. The van der Waals surface area contributed by atoms with Crippen molar-refractivity contribution in [3.8, 4) is 5.75 Å². The van der Waals surface area contributed by atoms with E-state index in [1.165, 1.54) is 4.90 Å². The number of hydrogen-bond donors (Lipinski definition) is 1. The lowest BCUT2D eigenvalue weighted by Crippen LogP contribution is -2.31. The summed E-state index contributed by atoms with van der Waals surface area (Å²) in [5, 5.41) is 10.7. The van der Waals surface area contributed by atoms with E-state index in [2.05, 4.69) is 0 Å². The van der Waals surface area contributed by atoms with Gasteiger partial charge in [0.15, 0.2) is 0 Å². The zero-order valence-corrected chi connectivity index (χ0v) is 14.9. The summed E-state index contributed by atoms with van der Waals surface area (Å²) in [6, 6.07) is 5.52. The first-order chi connectivity index (χ1) is 12.5. The molecule has 0 aliphatic carbocycles. The van der Waals surface area contributed by atoms with Gasteiger partial charge in [-0.05, 0) is 44.0 Å². The quantitative estimate of drug-likeness (QED) is 0.729. The SMILES string of the molecule is COc1ccc2oc3c(C)c4c(c(C)c3c2c1)C(=O)N(CCCO)C4=O. The van der Waals surface area contributed by atoms with Crippen LogP contribution >= 0.6 is 0 Å². The predicted octanol–water partition coefficient (Wildman–Crippen LogP) is 3.19. The molecule has 2 aromatic carbocycles. The highest BCUT2D eigenvalue weighted by Crippen LogP contribution is 2.41. The summed E-state index contributed by atoms with van der Waals surface area (Å²) in [7, 11) is 1.60. The fraction of sp³-hybridized carbons (Fsp3) is 0.300. The first kappa shape index (κ1) is 16.6. The van der Waals surface area contributed by atoms with Gasteiger partial charge in [-0.3, -0.25) is 14.5 Å². The molecule has 1 aromatic heterocycles. The lowest BCUT2D eigenvalue weighted by Gasteiger charge is -2.12. The van der Waals surface area contributed by atoms with Crippen LogP contribution in [0.1, 0.15) is 38.3 Å². The summed E-state index contributed by atoms with van der Waals surface area (Å²) in [5.41, 5.74) is 3.55. The molecular weight excluding hydrogens is 334 g/mol. The average molecular weight is 353 g/mol. The van der Waals surface area contributed by atoms with Crippen LogP contribution in [-0.4, -0.2) is 42.1 Å².